The minimum Gasteiger partial charge on any atom is -0.493 e. The number of halogens is 2. The summed E-state index contributed by atoms with van der Waals surface area (Å²) >= 11 is 5.63. The highest BCUT2D eigenvalue weighted by atomic mass is 35.5. The monoisotopic (exact) mass is 229 g/mol. The van der Waals surface area contributed by atoms with Gasteiger partial charge in [0.2, 0.25) is 0 Å². The van der Waals surface area contributed by atoms with Crippen LogP contribution in [0.1, 0.15) is 22.3 Å². The van der Waals surface area contributed by atoms with Crippen molar-refractivity contribution >= 4 is 17.5 Å². The van der Waals surface area contributed by atoms with E-state index in [1.807, 2.05) is 0 Å². The van der Waals surface area contributed by atoms with Gasteiger partial charge in [-0.15, -0.1) is 0 Å². The lowest BCUT2D eigenvalue weighted by atomic mass is 9.99. The zero-order chi connectivity index (χ0) is 11.0. The Kier molecular flexibility index (Phi) is 2.52. The second kappa shape index (κ2) is 3.70. The molecule has 15 heavy (non-hydrogen) atoms. The van der Waals surface area contributed by atoms with E-state index in [0.717, 1.165) is 6.42 Å². The van der Waals surface area contributed by atoms with Gasteiger partial charge in [-0.05, 0) is 12.8 Å². The average molecular weight is 230 g/mol. The third kappa shape index (κ3) is 1.65. The molecule has 0 aromatic heterocycles. The lowest BCUT2D eigenvalue weighted by Crippen LogP contribution is -2.20. The standard InChI is InChI=1S/C10H9ClFNO2/c11-6-4-7-5(2-1-3-15-7)8(9(6)12)10(13)14/h4H,1-3H2,(H2,13,14). The summed E-state index contributed by atoms with van der Waals surface area (Å²) in [7, 11) is 0. The maximum Gasteiger partial charge on any atom is 0.252 e. The summed E-state index contributed by atoms with van der Waals surface area (Å²) in [6, 6.07) is 1.39. The van der Waals surface area contributed by atoms with E-state index in [4.69, 9.17) is 22.1 Å². The number of amides is 1. The molecule has 1 aromatic carbocycles. The van der Waals surface area contributed by atoms with E-state index in [1.54, 1.807) is 0 Å². The van der Waals surface area contributed by atoms with E-state index in [-0.39, 0.29) is 10.6 Å². The first-order valence-electron chi connectivity index (χ1n) is 4.54. The molecular weight excluding hydrogens is 221 g/mol. The van der Waals surface area contributed by atoms with Crippen molar-refractivity contribution in [3.05, 3.63) is 28.0 Å². The van der Waals surface area contributed by atoms with Gasteiger partial charge < -0.3 is 10.5 Å². The number of rotatable bonds is 1. The number of fused-ring (bicyclic) bond motifs is 1. The summed E-state index contributed by atoms with van der Waals surface area (Å²) in [5.74, 6) is -1.10. The molecular formula is C10H9ClFNO2. The molecule has 0 fully saturated rings. The second-order valence-corrected chi connectivity index (χ2v) is 3.75. The summed E-state index contributed by atoms with van der Waals surface area (Å²) in [5, 5.41) is -0.135. The molecule has 1 aromatic rings. The van der Waals surface area contributed by atoms with Crippen LogP contribution < -0.4 is 10.5 Å². The highest BCUT2D eigenvalue weighted by Gasteiger charge is 2.23. The van der Waals surface area contributed by atoms with Crippen LogP contribution in [0.15, 0.2) is 6.07 Å². The molecule has 2 rings (SSSR count). The van der Waals surface area contributed by atoms with Crippen LogP contribution in [0.3, 0.4) is 0 Å². The number of hydrogen-bond acceptors (Lipinski definition) is 2. The van der Waals surface area contributed by atoms with E-state index in [0.29, 0.717) is 24.3 Å². The lowest BCUT2D eigenvalue weighted by Gasteiger charge is -2.20. The molecule has 1 heterocycles. The predicted octanol–water partition coefficient (Wildman–Crippen LogP) is 1.90. The fourth-order valence-electron chi connectivity index (χ4n) is 1.71. The van der Waals surface area contributed by atoms with Crippen molar-refractivity contribution in [3.8, 4) is 5.75 Å². The lowest BCUT2D eigenvalue weighted by molar-refractivity contribution is 0.0994. The van der Waals surface area contributed by atoms with Gasteiger partial charge in [-0.2, -0.15) is 0 Å². The molecule has 2 N–H and O–H groups in total. The van der Waals surface area contributed by atoms with E-state index in [1.165, 1.54) is 6.07 Å². The Balaban J connectivity index is 2.68. The maximum absolute atomic E-state index is 13.6. The first-order valence-corrected chi connectivity index (χ1v) is 4.92. The molecule has 3 nitrogen and oxygen atoms in total. The van der Waals surface area contributed by atoms with Crippen molar-refractivity contribution in [3.63, 3.8) is 0 Å². The van der Waals surface area contributed by atoms with Crippen LogP contribution in [0.25, 0.3) is 0 Å². The van der Waals surface area contributed by atoms with Crippen molar-refractivity contribution < 1.29 is 13.9 Å². The van der Waals surface area contributed by atoms with Crippen LogP contribution in [0.5, 0.6) is 5.75 Å². The van der Waals surface area contributed by atoms with Crippen LogP contribution in [0, 0.1) is 5.82 Å². The molecule has 0 saturated carbocycles. The van der Waals surface area contributed by atoms with E-state index >= 15 is 0 Å². The van der Waals surface area contributed by atoms with Gasteiger partial charge >= 0.3 is 0 Å². The third-order valence-electron chi connectivity index (χ3n) is 2.36. The Morgan fingerprint density at radius 3 is 3.00 bits per heavy atom. The van der Waals surface area contributed by atoms with Crippen molar-refractivity contribution in [2.45, 2.75) is 12.8 Å². The smallest absolute Gasteiger partial charge is 0.252 e. The number of primary amides is 1. The molecule has 0 saturated heterocycles. The summed E-state index contributed by atoms with van der Waals surface area (Å²) < 4.78 is 18.8. The number of benzene rings is 1. The Morgan fingerprint density at radius 2 is 2.33 bits per heavy atom. The second-order valence-electron chi connectivity index (χ2n) is 3.34. The molecule has 0 unspecified atom stereocenters. The summed E-state index contributed by atoms with van der Waals surface area (Å²) in [6.45, 7) is 0.549. The third-order valence-corrected chi connectivity index (χ3v) is 2.64. The number of carbonyl (C=O) groups excluding carboxylic acids is 1. The molecule has 0 bridgehead atoms. The van der Waals surface area contributed by atoms with Crippen LogP contribution in [0.4, 0.5) is 4.39 Å². The van der Waals surface area contributed by atoms with Gasteiger partial charge in [0.05, 0.1) is 17.2 Å². The number of ether oxygens (including phenoxy) is 1. The first kappa shape index (κ1) is 10.2. The molecule has 80 valence electrons. The molecule has 0 spiro atoms. The van der Waals surface area contributed by atoms with E-state index < -0.39 is 11.7 Å². The van der Waals surface area contributed by atoms with Crippen molar-refractivity contribution in [2.24, 2.45) is 5.73 Å². The fourth-order valence-corrected chi connectivity index (χ4v) is 1.90. The number of hydrogen-bond donors (Lipinski definition) is 1. The quantitative estimate of drug-likeness (QED) is 0.800. The van der Waals surface area contributed by atoms with Gasteiger partial charge in [0.1, 0.15) is 5.75 Å². The van der Waals surface area contributed by atoms with Crippen LogP contribution in [-0.4, -0.2) is 12.5 Å². The molecule has 0 atom stereocenters. The highest BCUT2D eigenvalue weighted by molar-refractivity contribution is 6.31. The molecule has 0 radical (unpaired) electrons. The Hall–Kier alpha value is -1.29. The van der Waals surface area contributed by atoms with Gasteiger partial charge in [0, 0.05) is 11.6 Å². The van der Waals surface area contributed by atoms with Crippen LogP contribution in [0.2, 0.25) is 5.02 Å². The van der Waals surface area contributed by atoms with E-state index in [2.05, 4.69) is 0 Å². The molecule has 1 amide bonds. The van der Waals surface area contributed by atoms with Gasteiger partial charge in [-0.3, -0.25) is 4.79 Å². The molecule has 0 aliphatic carbocycles. The van der Waals surface area contributed by atoms with Gasteiger partial charge in [0.15, 0.2) is 5.82 Å². The maximum atomic E-state index is 13.6. The Bertz CT molecular complexity index is 434. The topological polar surface area (TPSA) is 52.3 Å². The average Bonchev–Trinajstić information content (AvgIpc) is 2.19. The SMILES string of the molecule is NC(=O)c1c(F)c(Cl)cc2c1CCCO2. The Labute approximate surface area is 91.0 Å². The molecule has 1 aliphatic heterocycles. The normalized spacial score (nSPS) is 14.3. The van der Waals surface area contributed by atoms with Crippen molar-refractivity contribution in [1.82, 2.24) is 0 Å². The van der Waals surface area contributed by atoms with E-state index in [9.17, 15) is 9.18 Å². The molecule has 5 heteroatoms. The highest BCUT2D eigenvalue weighted by Crippen LogP contribution is 2.33. The van der Waals surface area contributed by atoms with Crippen LogP contribution in [-0.2, 0) is 6.42 Å². The van der Waals surface area contributed by atoms with Gasteiger partial charge in [-0.1, -0.05) is 11.6 Å². The first-order chi connectivity index (χ1) is 7.11. The minimum atomic E-state index is -0.809. The molecule has 1 aliphatic rings. The fraction of sp³-hybridized carbons (Fsp3) is 0.300. The summed E-state index contributed by atoms with van der Waals surface area (Å²) in [6.07, 6.45) is 1.33. The van der Waals surface area contributed by atoms with Crippen molar-refractivity contribution in [1.29, 1.82) is 0 Å². The summed E-state index contributed by atoms with van der Waals surface area (Å²) in [5.41, 5.74) is 5.50. The summed E-state index contributed by atoms with van der Waals surface area (Å²) in [4.78, 5) is 11.1. The zero-order valence-corrected chi connectivity index (χ0v) is 8.60. The van der Waals surface area contributed by atoms with Gasteiger partial charge in [0.25, 0.3) is 5.91 Å². The number of carbonyl (C=O) groups is 1. The minimum absolute atomic E-state index is 0.135. The van der Waals surface area contributed by atoms with Crippen molar-refractivity contribution in [2.75, 3.05) is 6.61 Å². The van der Waals surface area contributed by atoms with Crippen LogP contribution >= 0.6 is 11.6 Å². The number of nitrogens with two attached hydrogens (primary N) is 1. The largest absolute Gasteiger partial charge is 0.493 e. The van der Waals surface area contributed by atoms with Gasteiger partial charge in [-0.25, -0.2) is 4.39 Å². The predicted molar refractivity (Wildman–Crippen MR) is 53.7 cm³/mol. The Morgan fingerprint density at radius 1 is 1.60 bits per heavy atom. The zero-order valence-electron chi connectivity index (χ0n) is 7.85.